The Bertz CT molecular complexity index is 841. The Morgan fingerprint density at radius 2 is 1.55 bits per heavy atom. The van der Waals surface area contributed by atoms with E-state index in [1.54, 1.807) is 6.07 Å². The Labute approximate surface area is 126 Å². The average Bonchev–Trinajstić information content (AvgIpc) is 2.50. The first-order chi connectivity index (χ1) is 10.6. The maximum Gasteiger partial charge on any atom is 0.323 e. The van der Waals surface area contributed by atoms with E-state index >= 15 is 0 Å². The lowest BCUT2D eigenvalue weighted by molar-refractivity contribution is 0.262. The van der Waals surface area contributed by atoms with Crippen LogP contribution in [0.1, 0.15) is 0 Å². The molecule has 4 N–H and O–H groups in total. The Balaban J connectivity index is 1.81. The monoisotopic (exact) mass is 294 g/mol. The van der Waals surface area contributed by atoms with E-state index in [9.17, 15) is 15.0 Å². The molecule has 3 rings (SSSR count). The van der Waals surface area contributed by atoms with Gasteiger partial charge in [-0.05, 0) is 23.6 Å². The SMILES string of the molecule is O=C(Nc1ccc(O)cc1O)Nc1cccc2ccccc12. The third kappa shape index (κ3) is 2.78. The Morgan fingerprint density at radius 1 is 0.818 bits per heavy atom. The molecule has 0 aromatic heterocycles. The van der Waals surface area contributed by atoms with Crippen molar-refractivity contribution in [3.63, 3.8) is 0 Å². The molecule has 0 aliphatic rings. The number of benzene rings is 3. The number of fused-ring (bicyclic) bond motifs is 1. The summed E-state index contributed by atoms with van der Waals surface area (Å²) < 4.78 is 0. The zero-order valence-electron chi connectivity index (χ0n) is 11.6. The first-order valence-corrected chi connectivity index (χ1v) is 6.71. The van der Waals surface area contributed by atoms with Gasteiger partial charge in [0.05, 0.1) is 11.4 Å². The third-order valence-electron chi connectivity index (χ3n) is 3.27. The van der Waals surface area contributed by atoms with Gasteiger partial charge in [0.1, 0.15) is 11.5 Å². The summed E-state index contributed by atoms with van der Waals surface area (Å²) in [7, 11) is 0. The molecular formula is C17H14N2O3. The number of aromatic hydroxyl groups is 2. The Morgan fingerprint density at radius 3 is 2.36 bits per heavy atom. The van der Waals surface area contributed by atoms with Crippen molar-refractivity contribution in [2.45, 2.75) is 0 Å². The molecule has 2 amide bonds. The van der Waals surface area contributed by atoms with Crippen molar-refractivity contribution < 1.29 is 15.0 Å². The molecule has 0 radical (unpaired) electrons. The molecule has 0 fully saturated rings. The molecule has 110 valence electrons. The third-order valence-corrected chi connectivity index (χ3v) is 3.27. The van der Waals surface area contributed by atoms with Gasteiger partial charge in [0.25, 0.3) is 0 Å². The van der Waals surface area contributed by atoms with Crippen molar-refractivity contribution in [2.24, 2.45) is 0 Å². The smallest absolute Gasteiger partial charge is 0.323 e. The summed E-state index contributed by atoms with van der Waals surface area (Å²) in [5, 5.41) is 26.2. The van der Waals surface area contributed by atoms with Crippen molar-refractivity contribution in [2.75, 3.05) is 10.6 Å². The summed E-state index contributed by atoms with van der Waals surface area (Å²) in [4.78, 5) is 12.1. The van der Waals surface area contributed by atoms with Crippen LogP contribution in [0, 0.1) is 0 Å². The maximum atomic E-state index is 12.1. The van der Waals surface area contributed by atoms with Crippen LogP contribution < -0.4 is 10.6 Å². The number of carbonyl (C=O) groups is 1. The van der Waals surface area contributed by atoms with Crippen LogP contribution in [0.25, 0.3) is 10.8 Å². The van der Waals surface area contributed by atoms with Gasteiger partial charge in [0, 0.05) is 11.5 Å². The second-order valence-electron chi connectivity index (χ2n) is 4.81. The van der Waals surface area contributed by atoms with Crippen LogP contribution in [-0.2, 0) is 0 Å². The number of amides is 2. The Kier molecular flexibility index (Phi) is 3.53. The van der Waals surface area contributed by atoms with E-state index in [1.807, 2.05) is 36.4 Å². The quantitative estimate of drug-likeness (QED) is 0.427. The molecule has 0 saturated heterocycles. The van der Waals surface area contributed by atoms with Gasteiger partial charge in [-0.15, -0.1) is 0 Å². The molecule has 0 heterocycles. The zero-order valence-corrected chi connectivity index (χ0v) is 11.6. The van der Waals surface area contributed by atoms with Gasteiger partial charge in [-0.25, -0.2) is 4.79 Å². The zero-order chi connectivity index (χ0) is 15.5. The number of anilines is 2. The number of carbonyl (C=O) groups excluding carboxylic acids is 1. The molecule has 5 heteroatoms. The van der Waals surface area contributed by atoms with E-state index in [0.717, 1.165) is 16.8 Å². The van der Waals surface area contributed by atoms with Crippen LogP contribution in [-0.4, -0.2) is 16.2 Å². The molecule has 3 aromatic carbocycles. The van der Waals surface area contributed by atoms with Crippen LogP contribution in [0.3, 0.4) is 0 Å². The number of phenolic OH excluding ortho intramolecular Hbond substituents is 2. The number of hydrogen-bond acceptors (Lipinski definition) is 3. The lowest BCUT2D eigenvalue weighted by atomic mass is 10.1. The lowest BCUT2D eigenvalue weighted by Gasteiger charge is -2.11. The summed E-state index contributed by atoms with van der Waals surface area (Å²) in [6.45, 7) is 0. The molecular weight excluding hydrogens is 280 g/mol. The minimum absolute atomic E-state index is 0.0717. The van der Waals surface area contributed by atoms with Crippen molar-refractivity contribution in [1.29, 1.82) is 0 Å². The predicted octanol–water partition coefficient (Wildman–Crippen LogP) is 3.90. The highest BCUT2D eigenvalue weighted by atomic mass is 16.3. The van der Waals surface area contributed by atoms with Crippen molar-refractivity contribution in [3.05, 3.63) is 60.7 Å². The molecule has 0 aliphatic carbocycles. The molecule has 3 aromatic rings. The van der Waals surface area contributed by atoms with Crippen LogP contribution in [0.5, 0.6) is 11.5 Å². The molecule has 5 nitrogen and oxygen atoms in total. The van der Waals surface area contributed by atoms with Crippen molar-refractivity contribution in [3.8, 4) is 11.5 Å². The topological polar surface area (TPSA) is 81.6 Å². The fraction of sp³-hybridized carbons (Fsp3) is 0. The van der Waals surface area contributed by atoms with Crippen LogP contribution in [0.4, 0.5) is 16.2 Å². The molecule has 22 heavy (non-hydrogen) atoms. The van der Waals surface area contributed by atoms with Gasteiger partial charge < -0.3 is 20.8 Å². The summed E-state index contributed by atoms with van der Waals surface area (Å²) in [5.41, 5.74) is 0.893. The van der Waals surface area contributed by atoms with Crippen LogP contribution in [0.15, 0.2) is 60.7 Å². The second-order valence-corrected chi connectivity index (χ2v) is 4.81. The number of hydrogen-bond donors (Lipinski definition) is 4. The largest absolute Gasteiger partial charge is 0.508 e. The summed E-state index contributed by atoms with van der Waals surface area (Å²) >= 11 is 0. The molecule has 0 aliphatic heterocycles. The van der Waals surface area contributed by atoms with E-state index in [4.69, 9.17) is 0 Å². The first-order valence-electron chi connectivity index (χ1n) is 6.71. The number of rotatable bonds is 2. The molecule has 0 atom stereocenters. The number of urea groups is 1. The lowest BCUT2D eigenvalue weighted by Crippen LogP contribution is -2.19. The molecule has 0 spiro atoms. The fourth-order valence-corrected chi connectivity index (χ4v) is 2.24. The van der Waals surface area contributed by atoms with Gasteiger partial charge in [0.15, 0.2) is 0 Å². The van der Waals surface area contributed by atoms with E-state index < -0.39 is 6.03 Å². The van der Waals surface area contributed by atoms with Crippen molar-refractivity contribution >= 4 is 28.2 Å². The van der Waals surface area contributed by atoms with E-state index in [2.05, 4.69) is 10.6 Å². The highest BCUT2D eigenvalue weighted by molar-refractivity contribution is 6.06. The van der Waals surface area contributed by atoms with Gasteiger partial charge in [-0.1, -0.05) is 36.4 Å². The van der Waals surface area contributed by atoms with E-state index in [-0.39, 0.29) is 17.2 Å². The number of phenols is 2. The van der Waals surface area contributed by atoms with Gasteiger partial charge >= 0.3 is 6.03 Å². The Hall–Kier alpha value is -3.21. The molecule has 0 bridgehead atoms. The van der Waals surface area contributed by atoms with E-state index in [1.165, 1.54) is 12.1 Å². The minimum Gasteiger partial charge on any atom is -0.508 e. The summed E-state index contributed by atoms with van der Waals surface area (Å²) in [6, 6.07) is 16.8. The fourth-order valence-electron chi connectivity index (χ4n) is 2.24. The van der Waals surface area contributed by atoms with Gasteiger partial charge in [-0.3, -0.25) is 0 Å². The highest BCUT2D eigenvalue weighted by Gasteiger charge is 2.08. The normalized spacial score (nSPS) is 10.4. The predicted molar refractivity (Wildman–Crippen MR) is 86.4 cm³/mol. The summed E-state index contributed by atoms with van der Waals surface area (Å²) in [5.74, 6) is -0.273. The molecule has 0 saturated carbocycles. The maximum absolute atomic E-state index is 12.1. The summed E-state index contributed by atoms with van der Waals surface area (Å²) in [6.07, 6.45) is 0. The minimum atomic E-state index is -0.475. The van der Waals surface area contributed by atoms with Crippen LogP contribution in [0.2, 0.25) is 0 Å². The van der Waals surface area contributed by atoms with Gasteiger partial charge in [-0.2, -0.15) is 0 Å². The highest BCUT2D eigenvalue weighted by Crippen LogP contribution is 2.28. The first kappa shape index (κ1) is 13.8. The van der Waals surface area contributed by atoms with Gasteiger partial charge in [0.2, 0.25) is 0 Å². The average molecular weight is 294 g/mol. The van der Waals surface area contributed by atoms with E-state index in [0.29, 0.717) is 5.69 Å². The standard InChI is InChI=1S/C17H14N2O3/c20-12-8-9-15(16(21)10-12)19-17(22)18-14-7-3-5-11-4-1-2-6-13(11)14/h1-10,20-21H,(H2,18,19,22). The van der Waals surface area contributed by atoms with Crippen molar-refractivity contribution in [1.82, 2.24) is 0 Å². The molecule has 0 unspecified atom stereocenters. The van der Waals surface area contributed by atoms with Crippen LogP contribution >= 0.6 is 0 Å². The second kappa shape index (κ2) is 5.65. The number of nitrogens with one attached hydrogen (secondary N) is 2.